The summed E-state index contributed by atoms with van der Waals surface area (Å²) in [6.07, 6.45) is 9.71. The van der Waals surface area contributed by atoms with E-state index in [1.54, 1.807) is 24.8 Å². The Kier molecular flexibility index (Phi) is 6.99. The van der Waals surface area contributed by atoms with Gasteiger partial charge in [-0.1, -0.05) is 12.1 Å². The third-order valence-electron chi connectivity index (χ3n) is 6.97. The van der Waals surface area contributed by atoms with Gasteiger partial charge in [-0.2, -0.15) is 0 Å². The smallest absolute Gasteiger partial charge is 0.123 e. The number of aromatic amines is 1. The van der Waals surface area contributed by atoms with Crippen LogP contribution in [0.1, 0.15) is 36.4 Å². The van der Waals surface area contributed by atoms with Crippen LogP contribution in [0.25, 0.3) is 16.6 Å². The summed E-state index contributed by atoms with van der Waals surface area (Å²) in [5, 5.41) is 26.2. The van der Waals surface area contributed by atoms with E-state index in [1.807, 2.05) is 4.57 Å². The van der Waals surface area contributed by atoms with Gasteiger partial charge in [-0.15, -0.1) is 10.2 Å². The van der Waals surface area contributed by atoms with Gasteiger partial charge < -0.3 is 20.7 Å². The maximum Gasteiger partial charge on any atom is 0.123 e. The number of hydrogen-bond donors (Lipinski definition) is 4. The number of nitrogens with one attached hydrogen (secondary N) is 3. The predicted molar refractivity (Wildman–Crippen MR) is 130 cm³/mol. The van der Waals surface area contributed by atoms with Crippen LogP contribution < -0.4 is 10.6 Å². The topological polar surface area (TPSA) is 90.8 Å². The summed E-state index contributed by atoms with van der Waals surface area (Å²) in [4.78, 5) is 3.39. The quantitative estimate of drug-likeness (QED) is 0.306. The molecular formula is C26H31FN6O. The fourth-order valence-electron chi connectivity index (χ4n) is 5.08. The highest BCUT2D eigenvalue weighted by atomic mass is 19.1. The Morgan fingerprint density at radius 3 is 2.76 bits per heavy atom. The van der Waals surface area contributed by atoms with Gasteiger partial charge in [-0.25, -0.2) is 4.39 Å². The molecule has 0 aliphatic carbocycles. The van der Waals surface area contributed by atoms with E-state index in [0.717, 1.165) is 55.5 Å². The molecule has 1 fully saturated rings. The van der Waals surface area contributed by atoms with Crippen LogP contribution >= 0.6 is 0 Å². The Morgan fingerprint density at radius 2 is 1.97 bits per heavy atom. The van der Waals surface area contributed by atoms with E-state index >= 15 is 0 Å². The van der Waals surface area contributed by atoms with Crippen molar-refractivity contribution in [2.45, 2.75) is 37.8 Å². The van der Waals surface area contributed by atoms with E-state index in [1.165, 1.54) is 23.1 Å². The summed E-state index contributed by atoms with van der Waals surface area (Å²) in [6.45, 7) is 1.92. The molecule has 2 aromatic heterocycles. The molecule has 0 saturated carbocycles. The predicted octanol–water partition coefficient (Wildman–Crippen LogP) is 3.51. The van der Waals surface area contributed by atoms with Crippen molar-refractivity contribution in [1.82, 2.24) is 30.4 Å². The van der Waals surface area contributed by atoms with Crippen molar-refractivity contribution in [3.8, 4) is 5.69 Å². The van der Waals surface area contributed by atoms with Crippen LogP contribution in [-0.2, 0) is 6.42 Å². The lowest BCUT2D eigenvalue weighted by Crippen LogP contribution is -2.49. The van der Waals surface area contributed by atoms with Gasteiger partial charge in [0.25, 0.3) is 0 Å². The maximum absolute atomic E-state index is 13.3. The normalized spacial score (nSPS) is 19.5. The Morgan fingerprint density at radius 1 is 1.15 bits per heavy atom. The Hall–Kier alpha value is -3.07. The molecule has 1 aliphatic rings. The largest absolute Gasteiger partial charge is 0.394 e. The van der Waals surface area contributed by atoms with Crippen molar-refractivity contribution < 1.29 is 9.50 Å². The number of nitrogens with zero attached hydrogens (tertiary/aromatic N) is 3. The van der Waals surface area contributed by atoms with Crippen LogP contribution in [0.4, 0.5) is 4.39 Å². The molecule has 2 unspecified atom stereocenters. The van der Waals surface area contributed by atoms with Gasteiger partial charge in [-0.3, -0.25) is 4.57 Å². The fraction of sp³-hybridized carbons (Fsp3) is 0.385. The highest BCUT2D eigenvalue weighted by Gasteiger charge is 2.27. The molecule has 5 rings (SSSR count). The van der Waals surface area contributed by atoms with E-state index < -0.39 is 0 Å². The zero-order valence-corrected chi connectivity index (χ0v) is 19.1. The second-order valence-corrected chi connectivity index (χ2v) is 9.12. The molecule has 2 aromatic carbocycles. The first-order valence-electron chi connectivity index (χ1n) is 12.0. The molecule has 0 spiro atoms. The summed E-state index contributed by atoms with van der Waals surface area (Å²) in [5.41, 5.74) is 4.42. The van der Waals surface area contributed by atoms with Crippen molar-refractivity contribution in [3.63, 3.8) is 0 Å². The molecule has 1 saturated heterocycles. The van der Waals surface area contributed by atoms with Crippen molar-refractivity contribution in [2.75, 3.05) is 19.7 Å². The SMILES string of the molecule is OCC(N[C@@H]1CCNCC1CCCc1c[nH]c2ccc(-n3cnnc3)cc12)c1ccc(F)cc1. The summed E-state index contributed by atoms with van der Waals surface area (Å²) in [6, 6.07) is 12.9. The molecule has 0 radical (unpaired) electrons. The van der Waals surface area contributed by atoms with Gasteiger partial charge in [0.1, 0.15) is 18.5 Å². The van der Waals surface area contributed by atoms with Crippen molar-refractivity contribution >= 4 is 10.9 Å². The third kappa shape index (κ3) is 5.04. The molecule has 7 nitrogen and oxygen atoms in total. The Bertz CT molecular complexity index is 1190. The van der Waals surface area contributed by atoms with Crippen molar-refractivity contribution in [3.05, 3.63) is 78.3 Å². The first kappa shape index (κ1) is 22.7. The lowest BCUT2D eigenvalue weighted by atomic mass is 9.87. The number of piperidine rings is 1. The van der Waals surface area contributed by atoms with Crippen LogP contribution in [0, 0.1) is 11.7 Å². The highest BCUT2D eigenvalue weighted by Crippen LogP contribution is 2.26. The number of aromatic nitrogens is 4. The first-order valence-corrected chi connectivity index (χ1v) is 12.0. The average molecular weight is 463 g/mol. The number of aliphatic hydroxyl groups excluding tert-OH is 1. The number of aryl methyl sites for hydroxylation is 1. The van der Waals surface area contributed by atoms with Gasteiger partial charge >= 0.3 is 0 Å². The molecule has 0 amide bonds. The first-order chi connectivity index (χ1) is 16.7. The van der Waals surface area contributed by atoms with E-state index in [2.05, 4.69) is 50.2 Å². The van der Waals surface area contributed by atoms with Gasteiger partial charge in [0.05, 0.1) is 12.6 Å². The number of benzene rings is 2. The average Bonchev–Trinajstić information content (AvgIpc) is 3.54. The second-order valence-electron chi connectivity index (χ2n) is 9.12. The lowest BCUT2D eigenvalue weighted by molar-refractivity contribution is 0.190. The van der Waals surface area contributed by atoms with Crippen LogP contribution in [-0.4, -0.2) is 50.6 Å². The lowest BCUT2D eigenvalue weighted by Gasteiger charge is -2.35. The maximum atomic E-state index is 13.3. The molecule has 0 bridgehead atoms. The van der Waals surface area contributed by atoms with Crippen LogP contribution in [0.3, 0.4) is 0 Å². The van der Waals surface area contributed by atoms with Crippen LogP contribution in [0.2, 0.25) is 0 Å². The monoisotopic (exact) mass is 462 g/mol. The minimum absolute atomic E-state index is 0.00755. The number of aliphatic hydroxyl groups is 1. The van der Waals surface area contributed by atoms with Crippen LogP contribution in [0.15, 0.2) is 61.3 Å². The number of rotatable bonds is 9. The minimum atomic E-state index is -0.258. The molecule has 4 aromatic rings. The minimum Gasteiger partial charge on any atom is -0.394 e. The Labute approximate surface area is 198 Å². The van der Waals surface area contributed by atoms with Crippen LogP contribution in [0.5, 0.6) is 0 Å². The molecule has 4 N–H and O–H groups in total. The Balaban J connectivity index is 1.23. The number of hydrogen-bond acceptors (Lipinski definition) is 5. The van der Waals surface area contributed by atoms with Crippen molar-refractivity contribution in [2.24, 2.45) is 5.92 Å². The summed E-state index contributed by atoms with van der Waals surface area (Å²) in [5.74, 6) is 0.215. The van der Waals surface area contributed by atoms with Gasteiger partial charge in [0.15, 0.2) is 0 Å². The highest BCUT2D eigenvalue weighted by molar-refractivity contribution is 5.85. The van der Waals surface area contributed by atoms with E-state index in [0.29, 0.717) is 12.0 Å². The molecule has 3 atom stereocenters. The van der Waals surface area contributed by atoms with E-state index in [-0.39, 0.29) is 18.5 Å². The molecule has 8 heteroatoms. The standard InChI is InChI=1S/C26H31FN6O/c27-21-6-4-18(5-7-21)26(15-34)32-24-10-11-28-13-20(24)3-1-2-19-14-29-25-9-8-22(12-23(19)25)33-16-30-31-17-33/h4-9,12,14,16-17,20,24,26,28-29,32,34H,1-3,10-11,13,15H2/t20?,24-,26?/m1/s1. The third-order valence-corrected chi connectivity index (χ3v) is 6.97. The van der Waals surface area contributed by atoms with Crippen molar-refractivity contribution in [1.29, 1.82) is 0 Å². The van der Waals surface area contributed by atoms with Gasteiger partial charge in [0, 0.05) is 28.8 Å². The zero-order valence-electron chi connectivity index (χ0n) is 19.1. The van der Waals surface area contributed by atoms with E-state index in [4.69, 9.17) is 0 Å². The summed E-state index contributed by atoms with van der Waals surface area (Å²) >= 11 is 0. The number of halogens is 1. The molecule has 34 heavy (non-hydrogen) atoms. The molecule has 1 aliphatic heterocycles. The second kappa shape index (κ2) is 10.5. The zero-order chi connectivity index (χ0) is 23.3. The van der Waals surface area contributed by atoms with Gasteiger partial charge in [0.2, 0.25) is 0 Å². The number of fused-ring (bicyclic) bond motifs is 1. The summed E-state index contributed by atoms with van der Waals surface area (Å²) < 4.78 is 15.2. The molecule has 178 valence electrons. The molecular weight excluding hydrogens is 431 g/mol. The fourth-order valence-corrected chi connectivity index (χ4v) is 5.08. The number of H-pyrrole nitrogens is 1. The van der Waals surface area contributed by atoms with E-state index in [9.17, 15) is 9.50 Å². The molecule has 3 heterocycles. The summed E-state index contributed by atoms with van der Waals surface area (Å²) in [7, 11) is 0. The van der Waals surface area contributed by atoms with Gasteiger partial charge in [-0.05, 0) is 86.1 Å².